The Hall–Kier alpha value is -3.16. The van der Waals surface area contributed by atoms with Crippen LogP contribution in [0.1, 0.15) is 35.8 Å². The Morgan fingerprint density at radius 2 is 1.76 bits per heavy atom. The van der Waals surface area contributed by atoms with Gasteiger partial charge in [-0.2, -0.15) is 0 Å². The van der Waals surface area contributed by atoms with Gasteiger partial charge in [0.15, 0.2) is 6.29 Å². The van der Waals surface area contributed by atoms with Gasteiger partial charge >= 0.3 is 0 Å². The van der Waals surface area contributed by atoms with Crippen LogP contribution in [0.25, 0.3) is 22.5 Å². The van der Waals surface area contributed by atoms with Gasteiger partial charge in [0.2, 0.25) is 0 Å². The second-order valence-electron chi connectivity index (χ2n) is 9.29. The molecule has 0 unspecified atom stereocenters. The molecule has 2 aliphatic rings. The van der Waals surface area contributed by atoms with Crippen LogP contribution in [0.3, 0.4) is 0 Å². The molecule has 1 saturated heterocycles. The number of fused-ring (bicyclic) bond motifs is 1. The minimum atomic E-state index is -0.120. The van der Waals surface area contributed by atoms with Crippen molar-refractivity contribution in [2.24, 2.45) is 5.92 Å². The van der Waals surface area contributed by atoms with E-state index in [4.69, 9.17) is 9.47 Å². The fourth-order valence-corrected chi connectivity index (χ4v) is 5.19. The molecule has 4 heterocycles. The zero-order valence-corrected chi connectivity index (χ0v) is 20.0. The number of ether oxygens (including phenoxy) is 2. The van der Waals surface area contributed by atoms with Gasteiger partial charge < -0.3 is 24.7 Å². The number of hydrogen-bond acceptors (Lipinski definition) is 5. The highest BCUT2D eigenvalue weighted by atomic mass is 16.7. The average molecular weight is 461 g/mol. The lowest BCUT2D eigenvalue weighted by molar-refractivity contribution is -0.141. The summed E-state index contributed by atoms with van der Waals surface area (Å²) < 4.78 is 10.9. The van der Waals surface area contributed by atoms with E-state index >= 15 is 0 Å². The molecule has 0 radical (unpaired) electrons. The van der Waals surface area contributed by atoms with Crippen LogP contribution in [-0.4, -0.2) is 55.5 Å². The number of nitrogens with zero attached hydrogens (tertiary/aromatic N) is 2. The summed E-state index contributed by atoms with van der Waals surface area (Å²) in [6, 6.07) is 14.8. The van der Waals surface area contributed by atoms with Gasteiger partial charge in [0.1, 0.15) is 0 Å². The Kier molecular flexibility index (Phi) is 6.39. The summed E-state index contributed by atoms with van der Waals surface area (Å²) in [5.74, 6) is 0.426. The molecule has 0 bridgehead atoms. The van der Waals surface area contributed by atoms with Crippen LogP contribution in [-0.2, 0) is 15.9 Å². The average Bonchev–Trinajstić information content (AvgIpc) is 3.30. The number of piperidine rings is 1. The third-order valence-corrected chi connectivity index (χ3v) is 7.02. The highest BCUT2D eigenvalue weighted by molar-refractivity contribution is 5.98. The molecule has 3 aromatic rings. The number of benzene rings is 1. The van der Waals surface area contributed by atoms with Crippen molar-refractivity contribution < 1.29 is 14.3 Å². The number of aromatic nitrogens is 2. The number of nitrogens with one attached hydrogen (secondary N) is 2. The molecule has 2 N–H and O–H groups in total. The highest BCUT2D eigenvalue weighted by Gasteiger charge is 2.27. The third-order valence-electron chi connectivity index (χ3n) is 7.02. The van der Waals surface area contributed by atoms with E-state index in [0.29, 0.717) is 5.92 Å². The quantitative estimate of drug-likeness (QED) is 0.538. The molecule has 0 spiro atoms. The third kappa shape index (κ3) is 4.45. The molecular formula is C27H32N4O3. The smallest absolute Gasteiger partial charge is 0.253 e. The van der Waals surface area contributed by atoms with Crippen molar-refractivity contribution in [1.29, 1.82) is 0 Å². The van der Waals surface area contributed by atoms with E-state index in [1.807, 2.05) is 25.3 Å². The Morgan fingerprint density at radius 3 is 2.47 bits per heavy atom. The van der Waals surface area contributed by atoms with Gasteiger partial charge in [-0.15, -0.1) is 0 Å². The summed E-state index contributed by atoms with van der Waals surface area (Å²) >= 11 is 0. The van der Waals surface area contributed by atoms with Gasteiger partial charge in [-0.1, -0.05) is 12.1 Å². The predicted molar refractivity (Wildman–Crippen MR) is 133 cm³/mol. The zero-order chi connectivity index (χ0) is 23.7. The van der Waals surface area contributed by atoms with Crippen LogP contribution in [0.2, 0.25) is 0 Å². The molecule has 0 saturated carbocycles. The lowest BCUT2D eigenvalue weighted by Crippen LogP contribution is -2.39. The fraction of sp³-hybridized carbons (Fsp3) is 0.407. The summed E-state index contributed by atoms with van der Waals surface area (Å²) in [6.45, 7) is 4.00. The Bertz CT molecular complexity index is 1140. The topological polar surface area (TPSA) is 79.5 Å². The molecule has 34 heavy (non-hydrogen) atoms. The van der Waals surface area contributed by atoms with E-state index in [0.717, 1.165) is 66.1 Å². The van der Waals surface area contributed by atoms with Crippen molar-refractivity contribution in [2.45, 2.75) is 38.5 Å². The summed E-state index contributed by atoms with van der Waals surface area (Å²) in [5.41, 5.74) is 6.92. The summed E-state index contributed by atoms with van der Waals surface area (Å²) in [6.07, 6.45) is 4.62. The fourth-order valence-electron chi connectivity index (χ4n) is 5.19. The van der Waals surface area contributed by atoms with Crippen LogP contribution in [0.15, 0.2) is 48.7 Å². The molecule has 1 atom stereocenters. The number of H-pyrrole nitrogens is 1. The van der Waals surface area contributed by atoms with Crippen molar-refractivity contribution in [3.63, 3.8) is 0 Å². The molecule has 1 fully saturated rings. The van der Waals surface area contributed by atoms with Crippen molar-refractivity contribution >= 4 is 11.6 Å². The molecule has 5 rings (SSSR count). The molecular weight excluding hydrogens is 428 g/mol. The number of carbonyl (C=O) groups excluding carboxylic acids is 1. The minimum absolute atomic E-state index is 0.00915. The number of rotatable bonds is 6. The maximum Gasteiger partial charge on any atom is 0.253 e. The van der Waals surface area contributed by atoms with E-state index < -0.39 is 0 Å². The first kappa shape index (κ1) is 22.6. The Balaban J connectivity index is 1.30. The Labute approximate surface area is 200 Å². The normalized spacial score (nSPS) is 18.8. The number of anilines is 1. The number of methoxy groups -OCH3 is 2. The van der Waals surface area contributed by atoms with Crippen LogP contribution >= 0.6 is 0 Å². The van der Waals surface area contributed by atoms with Gasteiger partial charge in [-0.3, -0.25) is 9.78 Å². The predicted octanol–water partition coefficient (Wildman–Crippen LogP) is 4.25. The monoisotopic (exact) mass is 460 g/mol. The van der Waals surface area contributed by atoms with Gasteiger partial charge in [0.05, 0.1) is 11.3 Å². The summed E-state index contributed by atoms with van der Waals surface area (Å²) in [5, 5.41) is 3.00. The van der Waals surface area contributed by atoms with Crippen LogP contribution in [0, 0.1) is 5.92 Å². The van der Waals surface area contributed by atoms with E-state index in [2.05, 4.69) is 50.5 Å². The molecule has 2 aromatic heterocycles. The second kappa shape index (κ2) is 9.60. The first-order chi connectivity index (χ1) is 16.6. The maximum absolute atomic E-state index is 12.3. The van der Waals surface area contributed by atoms with E-state index in [1.54, 1.807) is 14.2 Å². The number of carbonyl (C=O) groups is 1. The maximum atomic E-state index is 12.3. The standard InChI is InChI=1S/C27H32N4O3/c1-17-14-25-22(26(32)29-17)16-24(30-25)20-8-11-28-23(15-20)18-4-6-21(7-5-18)31-12-9-19(10-13-31)27(33-2)34-3/h4-8,11,15-17,19,27,30H,9-10,12-14H2,1-3H3,(H,29,32)/t17-/m1/s1. The molecule has 1 amide bonds. The number of aromatic amines is 1. The van der Waals surface area contributed by atoms with Crippen LogP contribution in [0.4, 0.5) is 5.69 Å². The van der Waals surface area contributed by atoms with Crippen molar-refractivity contribution in [2.75, 3.05) is 32.2 Å². The zero-order valence-electron chi connectivity index (χ0n) is 20.0. The van der Waals surface area contributed by atoms with Gasteiger partial charge in [-0.05, 0) is 50.1 Å². The summed E-state index contributed by atoms with van der Waals surface area (Å²) in [7, 11) is 3.42. The molecule has 178 valence electrons. The minimum Gasteiger partial charge on any atom is -0.372 e. The first-order valence-corrected chi connectivity index (χ1v) is 12.0. The first-order valence-electron chi connectivity index (χ1n) is 12.0. The lowest BCUT2D eigenvalue weighted by atomic mass is 9.95. The van der Waals surface area contributed by atoms with E-state index in [1.165, 1.54) is 5.69 Å². The van der Waals surface area contributed by atoms with Crippen LogP contribution in [0.5, 0.6) is 0 Å². The van der Waals surface area contributed by atoms with Crippen molar-refractivity contribution in [1.82, 2.24) is 15.3 Å². The molecule has 7 nitrogen and oxygen atoms in total. The molecule has 2 aliphatic heterocycles. The number of pyridine rings is 1. The van der Waals surface area contributed by atoms with Gasteiger partial charge in [-0.25, -0.2) is 0 Å². The van der Waals surface area contributed by atoms with E-state index in [-0.39, 0.29) is 18.2 Å². The van der Waals surface area contributed by atoms with Crippen molar-refractivity contribution in [3.05, 3.63) is 59.9 Å². The molecule has 1 aromatic carbocycles. The number of hydrogen-bond donors (Lipinski definition) is 2. The second-order valence-corrected chi connectivity index (χ2v) is 9.29. The number of amides is 1. The van der Waals surface area contributed by atoms with Gasteiger partial charge in [0, 0.05) is 80.1 Å². The Morgan fingerprint density at radius 1 is 1.03 bits per heavy atom. The van der Waals surface area contributed by atoms with Crippen molar-refractivity contribution in [3.8, 4) is 22.5 Å². The summed E-state index contributed by atoms with van der Waals surface area (Å²) in [4.78, 5) is 22.8. The van der Waals surface area contributed by atoms with Gasteiger partial charge in [0.25, 0.3) is 5.91 Å². The van der Waals surface area contributed by atoms with Crippen LogP contribution < -0.4 is 10.2 Å². The lowest BCUT2D eigenvalue weighted by Gasteiger charge is -2.36. The molecule has 7 heteroatoms. The SMILES string of the molecule is COC(OC)C1CCN(c2ccc(-c3cc(-c4cc5c([nH]4)C[C@@H](C)NC5=O)ccn3)cc2)CC1. The van der Waals surface area contributed by atoms with E-state index in [9.17, 15) is 4.79 Å². The largest absolute Gasteiger partial charge is 0.372 e. The highest BCUT2D eigenvalue weighted by Crippen LogP contribution is 2.30. The molecule has 0 aliphatic carbocycles.